The highest BCUT2D eigenvalue weighted by Crippen LogP contribution is 2.19. The fourth-order valence-electron chi connectivity index (χ4n) is 1.59. The zero-order valence-corrected chi connectivity index (χ0v) is 10.1. The van der Waals surface area contributed by atoms with Crippen LogP contribution in [0.2, 0.25) is 0 Å². The Morgan fingerprint density at radius 3 is 2.74 bits per heavy atom. The largest absolute Gasteiger partial charge is 0.435 e. The lowest BCUT2D eigenvalue weighted by Crippen LogP contribution is -2.06. The molecule has 100 valence electrons. The molecule has 0 atom stereocenters. The van der Waals surface area contributed by atoms with Gasteiger partial charge in [0.05, 0.1) is 0 Å². The summed E-state index contributed by atoms with van der Waals surface area (Å²) in [5.41, 5.74) is 0.797. The van der Waals surface area contributed by atoms with E-state index in [4.69, 9.17) is 0 Å². The number of ether oxygens (including phenoxy) is 1. The SMILES string of the molecule is C=CCNc1nccn1-c1ccc(OC(F)F)cc1. The summed E-state index contributed by atoms with van der Waals surface area (Å²) in [6, 6.07) is 6.33. The van der Waals surface area contributed by atoms with Crippen LogP contribution in [0.1, 0.15) is 0 Å². The van der Waals surface area contributed by atoms with Gasteiger partial charge < -0.3 is 10.1 Å². The Bertz CT molecular complexity index is 537. The number of hydrogen-bond acceptors (Lipinski definition) is 3. The number of alkyl halides is 2. The van der Waals surface area contributed by atoms with Crippen molar-refractivity contribution in [1.82, 2.24) is 9.55 Å². The number of anilines is 1. The van der Waals surface area contributed by atoms with E-state index in [0.717, 1.165) is 5.69 Å². The molecule has 0 spiro atoms. The van der Waals surface area contributed by atoms with Crippen molar-refractivity contribution in [2.45, 2.75) is 6.61 Å². The molecule has 1 aromatic heterocycles. The van der Waals surface area contributed by atoms with Crippen LogP contribution in [0.5, 0.6) is 5.75 Å². The summed E-state index contributed by atoms with van der Waals surface area (Å²) in [4.78, 5) is 4.15. The average Bonchev–Trinajstić information content (AvgIpc) is 2.85. The normalized spacial score (nSPS) is 10.5. The molecule has 19 heavy (non-hydrogen) atoms. The van der Waals surface area contributed by atoms with Gasteiger partial charge in [0, 0.05) is 24.6 Å². The summed E-state index contributed by atoms with van der Waals surface area (Å²) in [6.45, 7) is 1.39. The van der Waals surface area contributed by atoms with Crippen LogP contribution in [0.25, 0.3) is 5.69 Å². The molecular formula is C13H13F2N3O. The molecule has 0 radical (unpaired) electrons. The van der Waals surface area contributed by atoms with Gasteiger partial charge >= 0.3 is 6.61 Å². The number of imidazole rings is 1. The van der Waals surface area contributed by atoms with E-state index in [9.17, 15) is 8.78 Å². The quantitative estimate of drug-likeness (QED) is 0.816. The first-order chi connectivity index (χ1) is 9.20. The molecule has 4 nitrogen and oxygen atoms in total. The summed E-state index contributed by atoms with van der Waals surface area (Å²) in [5.74, 6) is 0.780. The Morgan fingerprint density at radius 1 is 1.37 bits per heavy atom. The van der Waals surface area contributed by atoms with Gasteiger partial charge in [-0.25, -0.2) is 4.98 Å². The van der Waals surface area contributed by atoms with Gasteiger partial charge in [-0.05, 0) is 24.3 Å². The van der Waals surface area contributed by atoms with Crippen LogP contribution in [-0.2, 0) is 0 Å². The van der Waals surface area contributed by atoms with Crippen molar-refractivity contribution in [2.24, 2.45) is 0 Å². The van der Waals surface area contributed by atoms with Crippen LogP contribution in [0.15, 0.2) is 49.3 Å². The van der Waals surface area contributed by atoms with E-state index in [-0.39, 0.29) is 5.75 Å². The zero-order chi connectivity index (χ0) is 13.7. The van der Waals surface area contributed by atoms with Crippen LogP contribution in [0.4, 0.5) is 14.7 Å². The van der Waals surface area contributed by atoms with Crippen molar-refractivity contribution in [1.29, 1.82) is 0 Å². The topological polar surface area (TPSA) is 39.1 Å². The number of benzene rings is 1. The third-order valence-corrected chi connectivity index (χ3v) is 2.39. The first-order valence-corrected chi connectivity index (χ1v) is 5.64. The van der Waals surface area contributed by atoms with Crippen LogP contribution in [-0.4, -0.2) is 22.7 Å². The molecule has 0 saturated carbocycles. The van der Waals surface area contributed by atoms with Crippen molar-refractivity contribution in [2.75, 3.05) is 11.9 Å². The number of nitrogens with one attached hydrogen (secondary N) is 1. The predicted molar refractivity (Wildman–Crippen MR) is 68.9 cm³/mol. The maximum Gasteiger partial charge on any atom is 0.387 e. The lowest BCUT2D eigenvalue weighted by Gasteiger charge is -2.09. The molecule has 0 aliphatic heterocycles. The molecule has 6 heteroatoms. The molecule has 0 amide bonds. The maximum absolute atomic E-state index is 12.0. The van der Waals surface area contributed by atoms with Gasteiger partial charge in [0.2, 0.25) is 5.95 Å². The van der Waals surface area contributed by atoms with E-state index in [1.807, 2.05) is 0 Å². The first-order valence-electron chi connectivity index (χ1n) is 5.64. The van der Waals surface area contributed by atoms with Crippen molar-refractivity contribution in [3.8, 4) is 11.4 Å². The average molecular weight is 265 g/mol. The molecule has 1 aromatic carbocycles. The van der Waals surface area contributed by atoms with E-state index < -0.39 is 6.61 Å². The molecule has 2 rings (SSSR count). The number of hydrogen-bond donors (Lipinski definition) is 1. The van der Waals surface area contributed by atoms with E-state index in [0.29, 0.717) is 12.5 Å². The maximum atomic E-state index is 12.0. The Hall–Kier alpha value is -2.37. The second-order valence-electron chi connectivity index (χ2n) is 3.66. The van der Waals surface area contributed by atoms with E-state index in [1.165, 1.54) is 12.1 Å². The van der Waals surface area contributed by atoms with E-state index in [2.05, 4.69) is 21.6 Å². The summed E-state index contributed by atoms with van der Waals surface area (Å²) < 4.78 is 30.2. The van der Waals surface area contributed by atoms with Crippen molar-refractivity contribution < 1.29 is 13.5 Å². The number of halogens is 2. The van der Waals surface area contributed by atoms with Crippen LogP contribution < -0.4 is 10.1 Å². The summed E-state index contributed by atoms with van der Waals surface area (Å²) >= 11 is 0. The highest BCUT2D eigenvalue weighted by Gasteiger charge is 2.06. The number of rotatable bonds is 6. The Morgan fingerprint density at radius 2 is 2.11 bits per heavy atom. The van der Waals surface area contributed by atoms with Gasteiger partial charge in [-0.2, -0.15) is 8.78 Å². The first kappa shape index (κ1) is 13.1. The van der Waals surface area contributed by atoms with Crippen molar-refractivity contribution in [3.05, 3.63) is 49.3 Å². The third-order valence-electron chi connectivity index (χ3n) is 2.39. The lowest BCUT2D eigenvalue weighted by molar-refractivity contribution is -0.0498. The standard InChI is InChI=1S/C13H13F2N3O/c1-2-7-16-13-17-8-9-18(13)10-3-5-11(6-4-10)19-12(14)15/h2-6,8-9,12H,1,7H2,(H,16,17). The smallest absolute Gasteiger partial charge is 0.387 e. The molecule has 0 bridgehead atoms. The van der Waals surface area contributed by atoms with Gasteiger partial charge in [-0.15, -0.1) is 6.58 Å². The van der Waals surface area contributed by atoms with Crippen LogP contribution in [0.3, 0.4) is 0 Å². The monoisotopic (exact) mass is 265 g/mol. The van der Waals surface area contributed by atoms with Gasteiger partial charge in [0.25, 0.3) is 0 Å². The molecule has 0 aliphatic carbocycles. The van der Waals surface area contributed by atoms with Gasteiger partial charge in [0.15, 0.2) is 0 Å². The lowest BCUT2D eigenvalue weighted by atomic mass is 10.3. The molecule has 2 aromatic rings. The van der Waals surface area contributed by atoms with Gasteiger partial charge in [-0.1, -0.05) is 6.08 Å². The van der Waals surface area contributed by atoms with Crippen molar-refractivity contribution >= 4 is 5.95 Å². The molecule has 1 N–H and O–H groups in total. The summed E-state index contributed by atoms with van der Waals surface area (Å²) in [6.07, 6.45) is 5.14. The molecule has 0 unspecified atom stereocenters. The Labute approximate surface area is 109 Å². The van der Waals surface area contributed by atoms with E-state index >= 15 is 0 Å². The fourth-order valence-corrected chi connectivity index (χ4v) is 1.59. The minimum atomic E-state index is -2.82. The highest BCUT2D eigenvalue weighted by molar-refractivity contribution is 5.44. The van der Waals surface area contributed by atoms with Crippen LogP contribution >= 0.6 is 0 Å². The Balaban J connectivity index is 2.17. The second kappa shape index (κ2) is 5.99. The Kier molecular flexibility index (Phi) is 4.12. The summed E-state index contributed by atoms with van der Waals surface area (Å²) in [5, 5.41) is 3.07. The van der Waals surface area contributed by atoms with Crippen molar-refractivity contribution in [3.63, 3.8) is 0 Å². The molecular weight excluding hydrogens is 252 g/mol. The molecule has 0 fully saturated rings. The zero-order valence-electron chi connectivity index (χ0n) is 10.1. The van der Waals surface area contributed by atoms with Gasteiger partial charge in [0.1, 0.15) is 5.75 Å². The number of nitrogens with zero attached hydrogens (tertiary/aromatic N) is 2. The van der Waals surface area contributed by atoms with Gasteiger partial charge in [-0.3, -0.25) is 4.57 Å². The third kappa shape index (κ3) is 3.31. The minimum Gasteiger partial charge on any atom is -0.435 e. The minimum absolute atomic E-state index is 0.125. The second-order valence-corrected chi connectivity index (χ2v) is 3.66. The molecule has 1 heterocycles. The van der Waals surface area contributed by atoms with E-state index in [1.54, 1.807) is 35.2 Å². The molecule has 0 aliphatic rings. The fraction of sp³-hybridized carbons (Fsp3) is 0.154. The van der Waals surface area contributed by atoms with Crippen LogP contribution in [0, 0.1) is 0 Å². The highest BCUT2D eigenvalue weighted by atomic mass is 19.3. The predicted octanol–water partition coefficient (Wildman–Crippen LogP) is 3.07. The molecule has 0 saturated heterocycles. The number of aromatic nitrogens is 2. The summed E-state index contributed by atoms with van der Waals surface area (Å²) in [7, 11) is 0.